The zero-order valence-corrected chi connectivity index (χ0v) is 10.6. The predicted octanol–water partition coefficient (Wildman–Crippen LogP) is 0.385. The molecule has 1 amide bonds. The van der Waals surface area contributed by atoms with Crippen LogP contribution in [-0.2, 0) is 16.1 Å². The minimum Gasteiger partial charge on any atom is -0.375 e. The molecule has 1 aromatic rings. The lowest BCUT2D eigenvalue weighted by atomic mass is 10.1. The summed E-state index contributed by atoms with van der Waals surface area (Å²) in [5, 5.41) is 6.11. The average molecular weight is 249 g/mol. The molecule has 5 nitrogen and oxygen atoms in total. The molecule has 1 aromatic heterocycles. The Balaban J connectivity index is 1.76. The van der Waals surface area contributed by atoms with Gasteiger partial charge in [0, 0.05) is 32.0 Å². The lowest BCUT2D eigenvalue weighted by molar-refractivity contribution is -0.124. The second kappa shape index (κ2) is 6.47. The van der Waals surface area contributed by atoms with E-state index in [-0.39, 0.29) is 12.0 Å². The van der Waals surface area contributed by atoms with Crippen molar-refractivity contribution in [2.24, 2.45) is 0 Å². The standard InChI is InChI=1S/C13H19N3O2/c1-10-2-3-14-7-11(10)8-16-13(17)6-12-9-15-4-5-18-12/h2-3,7,12,15H,4-6,8-9H2,1H3,(H,16,17). The van der Waals surface area contributed by atoms with Crippen molar-refractivity contribution >= 4 is 5.91 Å². The van der Waals surface area contributed by atoms with E-state index < -0.39 is 0 Å². The predicted molar refractivity (Wildman–Crippen MR) is 68.0 cm³/mol. The van der Waals surface area contributed by atoms with Gasteiger partial charge >= 0.3 is 0 Å². The number of hydrogen-bond donors (Lipinski definition) is 2. The summed E-state index contributed by atoms with van der Waals surface area (Å²) in [6.45, 7) is 4.84. The molecule has 98 valence electrons. The van der Waals surface area contributed by atoms with Gasteiger partial charge in [0.05, 0.1) is 19.1 Å². The third-order valence-corrected chi connectivity index (χ3v) is 3.04. The van der Waals surface area contributed by atoms with E-state index in [2.05, 4.69) is 15.6 Å². The van der Waals surface area contributed by atoms with Crippen molar-refractivity contribution in [2.45, 2.75) is 26.0 Å². The van der Waals surface area contributed by atoms with Crippen molar-refractivity contribution in [2.75, 3.05) is 19.7 Å². The monoisotopic (exact) mass is 249 g/mol. The van der Waals surface area contributed by atoms with Gasteiger partial charge in [-0.1, -0.05) is 0 Å². The molecule has 1 unspecified atom stereocenters. The first-order chi connectivity index (χ1) is 8.75. The highest BCUT2D eigenvalue weighted by Crippen LogP contribution is 2.05. The highest BCUT2D eigenvalue weighted by Gasteiger charge is 2.17. The van der Waals surface area contributed by atoms with Gasteiger partial charge < -0.3 is 15.4 Å². The molecule has 1 aliphatic heterocycles. The van der Waals surface area contributed by atoms with Gasteiger partial charge in [-0.3, -0.25) is 9.78 Å². The Morgan fingerprint density at radius 3 is 3.28 bits per heavy atom. The molecule has 0 radical (unpaired) electrons. The van der Waals surface area contributed by atoms with E-state index in [1.54, 1.807) is 12.4 Å². The quantitative estimate of drug-likeness (QED) is 0.810. The Morgan fingerprint density at radius 2 is 2.56 bits per heavy atom. The van der Waals surface area contributed by atoms with E-state index in [1.807, 2.05) is 13.0 Å². The van der Waals surface area contributed by atoms with E-state index in [4.69, 9.17) is 4.74 Å². The number of nitrogens with zero attached hydrogens (tertiary/aromatic N) is 1. The Labute approximate surface area is 107 Å². The van der Waals surface area contributed by atoms with Gasteiger partial charge in [0.2, 0.25) is 5.91 Å². The van der Waals surface area contributed by atoms with E-state index in [9.17, 15) is 4.79 Å². The minimum atomic E-state index is -0.00579. The molecule has 0 saturated carbocycles. The molecular weight excluding hydrogens is 230 g/mol. The Hall–Kier alpha value is -1.46. The normalized spacial score (nSPS) is 19.5. The zero-order chi connectivity index (χ0) is 12.8. The van der Waals surface area contributed by atoms with Crippen LogP contribution in [0.5, 0.6) is 0 Å². The van der Waals surface area contributed by atoms with Crippen LogP contribution in [0.3, 0.4) is 0 Å². The van der Waals surface area contributed by atoms with Gasteiger partial charge in [-0.25, -0.2) is 0 Å². The summed E-state index contributed by atoms with van der Waals surface area (Å²) in [5.41, 5.74) is 2.19. The van der Waals surface area contributed by atoms with Crippen molar-refractivity contribution in [1.82, 2.24) is 15.6 Å². The lowest BCUT2D eigenvalue weighted by Crippen LogP contribution is -2.41. The average Bonchev–Trinajstić information content (AvgIpc) is 2.39. The maximum atomic E-state index is 11.8. The summed E-state index contributed by atoms with van der Waals surface area (Å²) in [4.78, 5) is 15.8. The third kappa shape index (κ3) is 3.78. The van der Waals surface area contributed by atoms with Crippen LogP contribution in [0, 0.1) is 6.92 Å². The highest BCUT2D eigenvalue weighted by atomic mass is 16.5. The van der Waals surface area contributed by atoms with Gasteiger partial charge in [-0.15, -0.1) is 0 Å². The zero-order valence-electron chi connectivity index (χ0n) is 10.6. The van der Waals surface area contributed by atoms with Crippen LogP contribution in [-0.4, -0.2) is 36.7 Å². The summed E-state index contributed by atoms with van der Waals surface area (Å²) in [6, 6.07) is 1.94. The van der Waals surface area contributed by atoms with E-state index in [0.29, 0.717) is 19.6 Å². The van der Waals surface area contributed by atoms with Crippen molar-refractivity contribution in [3.63, 3.8) is 0 Å². The number of hydrogen-bond acceptors (Lipinski definition) is 4. The Kier molecular flexibility index (Phi) is 4.66. The molecule has 1 atom stereocenters. The van der Waals surface area contributed by atoms with Gasteiger partial charge in [-0.2, -0.15) is 0 Å². The second-order valence-corrected chi connectivity index (χ2v) is 4.48. The molecule has 2 rings (SSSR count). The van der Waals surface area contributed by atoms with Crippen molar-refractivity contribution in [3.8, 4) is 0 Å². The molecule has 5 heteroatoms. The van der Waals surface area contributed by atoms with Crippen LogP contribution < -0.4 is 10.6 Å². The first kappa shape index (κ1) is 13.0. The van der Waals surface area contributed by atoms with Crippen molar-refractivity contribution < 1.29 is 9.53 Å². The molecule has 0 aliphatic carbocycles. The topological polar surface area (TPSA) is 63.2 Å². The fraction of sp³-hybridized carbons (Fsp3) is 0.538. The van der Waals surface area contributed by atoms with Crippen LogP contribution in [0.15, 0.2) is 18.5 Å². The molecule has 18 heavy (non-hydrogen) atoms. The summed E-state index contributed by atoms with van der Waals surface area (Å²) in [5.74, 6) is 0.0203. The first-order valence-electron chi connectivity index (χ1n) is 6.24. The highest BCUT2D eigenvalue weighted by molar-refractivity contribution is 5.76. The van der Waals surface area contributed by atoms with Crippen LogP contribution in [0.25, 0.3) is 0 Å². The first-order valence-corrected chi connectivity index (χ1v) is 6.24. The number of amides is 1. The van der Waals surface area contributed by atoms with Gasteiger partial charge in [0.1, 0.15) is 0 Å². The summed E-state index contributed by atoms with van der Waals surface area (Å²) >= 11 is 0. The molecule has 1 aliphatic rings. The van der Waals surface area contributed by atoms with Crippen LogP contribution >= 0.6 is 0 Å². The Morgan fingerprint density at radius 1 is 1.67 bits per heavy atom. The molecule has 0 bridgehead atoms. The fourth-order valence-electron chi connectivity index (χ4n) is 1.91. The molecule has 0 aromatic carbocycles. The molecule has 2 heterocycles. The Bertz CT molecular complexity index is 403. The van der Waals surface area contributed by atoms with E-state index in [1.165, 1.54) is 0 Å². The number of ether oxygens (including phenoxy) is 1. The van der Waals surface area contributed by atoms with Crippen LogP contribution in [0.2, 0.25) is 0 Å². The van der Waals surface area contributed by atoms with E-state index >= 15 is 0 Å². The molecular formula is C13H19N3O2. The number of nitrogens with one attached hydrogen (secondary N) is 2. The number of aryl methyl sites for hydroxylation is 1. The van der Waals surface area contributed by atoms with Gasteiger partial charge in [0.25, 0.3) is 0 Å². The van der Waals surface area contributed by atoms with Gasteiger partial charge in [-0.05, 0) is 24.1 Å². The number of aromatic nitrogens is 1. The number of morpholine rings is 1. The summed E-state index contributed by atoms with van der Waals surface area (Å²) in [6.07, 6.45) is 3.94. The smallest absolute Gasteiger partial charge is 0.222 e. The van der Waals surface area contributed by atoms with Crippen LogP contribution in [0.4, 0.5) is 0 Å². The molecule has 1 saturated heterocycles. The number of carbonyl (C=O) groups is 1. The second-order valence-electron chi connectivity index (χ2n) is 4.48. The van der Waals surface area contributed by atoms with Crippen molar-refractivity contribution in [1.29, 1.82) is 0 Å². The largest absolute Gasteiger partial charge is 0.375 e. The number of carbonyl (C=O) groups excluding carboxylic acids is 1. The molecule has 1 fully saturated rings. The fourth-order valence-corrected chi connectivity index (χ4v) is 1.91. The third-order valence-electron chi connectivity index (χ3n) is 3.04. The van der Waals surface area contributed by atoms with Crippen LogP contribution in [0.1, 0.15) is 17.5 Å². The number of rotatable bonds is 4. The molecule has 2 N–H and O–H groups in total. The minimum absolute atomic E-state index is 0.00579. The maximum absolute atomic E-state index is 11.8. The van der Waals surface area contributed by atoms with E-state index in [0.717, 1.165) is 24.2 Å². The lowest BCUT2D eigenvalue weighted by Gasteiger charge is -2.23. The molecule has 0 spiro atoms. The maximum Gasteiger partial charge on any atom is 0.222 e. The summed E-state index contributed by atoms with van der Waals surface area (Å²) in [7, 11) is 0. The summed E-state index contributed by atoms with van der Waals surface area (Å²) < 4.78 is 5.49. The number of pyridine rings is 1. The van der Waals surface area contributed by atoms with Gasteiger partial charge in [0.15, 0.2) is 0 Å². The van der Waals surface area contributed by atoms with Crippen molar-refractivity contribution in [3.05, 3.63) is 29.6 Å². The SMILES string of the molecule is Cc1ccncc1CNC(=O)CC1CNCCO1.